The number of thiophene rings is 1. The van der Waals surface area contributed by atoms with Gasteiger partial charge in [0.05, 0.1) is 5.02 Å². The Kier molecular flexibility index (Phi) is 6.54. The van der Waals surface area contributed by atoms with E-state index in [-0.39, 0.29) is 11.9 Å². The third-order valence-electron chi connectivity index (χ3n) is 6.72. The van der Waals surface area contributed by atoms with E-state index in [0.29, 0.717) is 22.5 Å². The Hall–Kier alpha value is -2.60. The second kappa shape index (κ2) is 9.72. The van der Waals surface area contributed by atoms with Crippen molar-refractivity contribution in [2.24, 2.45) is 0 Å². The van der Waals surface area contributed by atoms with E-state index < -0.39 is 0 Å². The van der Waals surface area contributed by atoms with Gasteiger partial charge >= 0.3 is 0 Å². The number of nitrogens with zero attached hydrogens (tertiary/aromatic N) is 1. The monoisotopic (exact) mass is 477 g/mol. The van der Waals surface area contributed by atoms with Crippen LogP contribution in [0.2, 0.25) is 5.02 Å². The van der Waals surface area contributed by atoms with Gasteiger partial charge in [-0.3, -0.25) is 4.79 Å². The summed E-state index contributed by atoms with van der Waals surface area (Å²) < 4.78 is 1.05. The summed E-state index contributed by atoms with van der Waals surface area (Å²) in [4.78, 5) is 19.9. The molecule has 4 nitrogen and oxygen atoms in total. The molecule has 0 spiro atoms. The number of H-pyrrole nitrogens is 1. The third kappa shape index (κ3) is 4.58. The molecule has 6 heteroatoms. The van der Waals surface area contributed by atoms with E-state index in [4.69, 9.17) is 11.6 Å². The van der Waals surface area contributed by atoms with E-state index >= 15 is 0 Å². The van der Waals surface area contributed by atoms with Gasteiger partial charge in [0.25, 0.3) is 5.91 Å². The number of benzene rings is 2. The third-order valence-corrected chi connectivity index (χ3v) is 8.39. The van der Waals surface area contributed by atoms with E-state index in [0.717, 1.165) is 52.6 Å². The molecule has 1 aliphatic rings. The number of rotatable bonds is 6. The van der Waals surface area contributed by atoms with E-state index in [1.807, 2.05) is 43.6 Å². The average molecular weight is 478 g/mol. The minimum Gasteiger partial charge on any atom is -0.361 e. The van der Waals surface area contributed by atoms with Crippen molar-refractivity contribution >= 4 is 38.9 Å². The van der Waals surface area contributed by atoms with Crippen molar-refractivity contribution in [3.63, 3.8) is 0 Å². The number of aromatic nitrogens is 1. The summed E-state index contributed by atoms with van der Waals surface area (Å²) >= 11 is 8.23. The maximum Gasteiger partial charge on any atom is 0.266 e. The number of fused-ring (bicyclic) bond motifs is 1. The zero-order valence-electron chi connectivity index (χ0n) is 18.7. The fourth-order valence-electron chi connectivity index (χ4n) is 4.87. The van der Waals surface area contributed by atoms with E-state index in [1.165, 1.54) is 11.3 Å². The molecular weight excluding hydrogens is 450 g/mol. The van der Waals surface area contributed by atoms with Crippen LogP contribution in [0.3, 0.4) is 0 Å². The van der Waals surface area contributed by atoms with Gasteiger partial charge in [-0.15, -0.1) is 11.3 Å². The maximum absolute atomic E-state index is 13.9. The highest BCUT2D eigenvalue weighted by Gasteiger charge is 2.31. The molecule has 170 valence electrons. The van der Waals surface area contributed by atoms with Crippen molar-refractivity contribution in [1.82, 2.24) is 15.2 Å². The number of carbonyl (C=O) groups excluding carboxylic acids is 1. The molecule has 2 aromatic heterocycles. The van der Waals surface area contributed by atoms with Crippen LogP contribution in [-0.2, 0) is 6.54 Å². The minimum atomic E-state index is 0.0411. The van der Waals surface area contributed by atoms with Crippen molar-refractivity contribution < 1.29 is 4.79 Å². The highest BCUT2D eigenvalue weighted by molar-refractivity contribution is 7.21. The first-order chi connectivity index (χ1) is 16.1. The zero-order valence-corrected chi connectivity index (χ0v) is 20.3. The predicted molar refractivity (Wildman–Crippen MR) is 138 cm³/mol. The first-order valence-electron chi connectivity index (χ1n) is 11.5. The number of hydrogen-bond acceptors (Lipinski definition) is 3. The Labute approximate surface area is 203 Å². The molecule has 2 N–H and O–H groups in total. The summed E-state index contributed by atoms with van der Waals surface area (Å²) in [7, 11) is 2.02. The molecule has 4 aromatic rings. The van der Waals surface area contributed by atoms with Crippen molar-refractivity contribution in [2.75, 3.05) is 7.05 Å². The molecule has 0 aliphatic heterocycles. The first-order valence-corrected chi connectivity index (χ1v) is 12.7. The van der Waals surface area contributed by atoms with Crippen molar-refractivity contribution in [3.8, 4) is 11.3 Å². The van der Waals surface area contributed by atoms with Gasteiger partial charge in [-0.2, -0.15) is 0 Å². The van der Waals surface area contributed by atoms with Gasteiger partial charge in [-0.1, -0.05) is 48.0 Å². The van der Waals surface area contributed by atoms with Crippen LogP contribution in [0.5, 0.6) is 0 Å². The average Bonchev–Trinajstić information content (AvgIpc) is 3.51. The highest BCUT2D eigenvalue weighted by Crippen LogP contribution is 2.37. The minimum absolute atomic E-state index is 0.0411. The largest absolute Gasteiger partial charge is 0.361 e. The van der Waals surface area contributed by atoms with Crippen molar-refractivity contribution in [1.29, 1.82) is 0 Å². The summed E-state index contributed by atoms with van der Waals surface area (Å²) in [6, 6.07) is 21.2. The number of hydrogen-bond donors (Lipinski definition) is 2. The Balaban J connectivity index is 1.47. The number of amides is 1. The SMILES string of the molecule is CNC1CCC(N(Cc2cccc(-c3ccc[nH]3)c2)C(=O)c2sc3ccccc3c2Cl)CC1. The normalized spacial score (nSPS) is 18.5. The van der Waals surface area contributed by atoms with Crippen LogP contribution < -0.4 is 5.32 Å². The molecule has 0 atom stereocenters. The number of aromatic amines is 1. The molecule has 1 amide bonds. The second-order valence-electron chi connectivity index (χ2n) is 8.75. The second-order valence-corrected chi connectivity index (χ2v) is 10.2. The van der Waals surface area contributed by atoms with E-state index in [9.17, 15) is 4.79 Å². The standard InChI is InChI=1S/C27H28ClN3OS/c1-29-20-11-13-21(14-12-20)31(17-18-6-4-7-19(16-18)23-9-5-15-30-23)27(32)26-25(28)22-8-2-3-10-24(22)33-26/h2-10,15-16,20-21,29-30H,11-14,17H2,1H3. The summed E-state index contributed by atoms with van der Waals surface area (Å²) in [6.07, 6.45) is 6.08. The van der Waals surface area contributed by atoms with Crippen molar-refractivity contribution in [3.05, 3.63) is 82.3 Å². The lowest BCUT2D eigenvalue weighted by Crippen LogP contribution is -2.44. The number of nitrogens with one attached hydrogen (secondary N) is 2. The molecule has 0 radical (unpaired) electrons. The van der Waals surface area contributed by atoms with Gasteiger partial charge in [0.1, 0.15) is 4.88 Å². The van der Waals surface area contributed by atoms with Crippen molar-refractivity contribution in [2.45, 2.75) is 44.3 Å². The number of carbonyl (C=O) groups is 1. The Morgan fingerprint density at radius 3 is 2.64 bits per heavy atom. The summed E-state index contributed by atoms with van der Waals surface area (Å²) in [5, 5.41) is 4.93. The van der Waals surface area contributed by atoms with E-state index in [1.54, 1.807) is 0 Å². The van der Waals surface area contributed by atoms with Gasteiger partial charge in [0, 0.05) is 40.6 Å². The maximum atomic E-state index is 13.9. The Morgan fingerprint density at radius 2 is 1.91 bits per heavy atom. The summed E-state index contributed by atoms with van der Waals surface area (Å²) in [6.45, 7) is 0.576. The van der Waals surface area contributed by atoms with Crippen LogP contribution in [0.25, 0.3) is 21.3 Å². The molecule has 2 aromatic carbocycles. The van der Waals surface area contributed by atoms with Crippen LogP contribution >= 0.6 is 22.9 Å². The smallest absolute Gasteiger partial charge is 0.266 e. The molecule has 1 fully saturated rings. The highest BCUT2D eigenvalue weighted by atomic mass is 35.5. The lowest BCUT2D eigenvalue weighted by molar-refractivity contribution is 0.0606. The molecule has 0 bridgehead atoms. The van der Waals surface area contributed by atoms with Gasteiger partial charge in [0.2, 0.25) is 0 Å². The molecule has 1 aliphatic carbocycles. The van der Waals surface area contributed by atoms with Gasteiger partial charge in [-0.05, 0) is 68.1 Å². The lowest BCUT2D eigenvalue weighted by Gasteiger charge is -2.37. The molecule has 33 heavy (non-hydrogen) atoms. The quantitative estimate of drug-likeness (QED) is 0.323. The van der Waals surface area contributed by atoms with Crippen LogP contribution in [0.15, 0.2) is 66.9 Å². The lowest BCUT2D eigenvalue weighted by atomic mass is 9.89. The summed E-state index contributed by atoms with van der Waals surface area (Å²) in [5.41, 5.74) is 3.34. The molecule has 0 saturated heterocycles. The van der Waals surface area contributed by atoms with Gasteiger partial charge in [-0.25, -0.2) is 0 Å². The van der Waals surface area contributed by atoms with Gasteiger partial charge < -0.3 is 15.2 Å². The van der Waals surface area contributed by atoms with Crippen LogP contribution in [0, 0.1) is 0 Å². The molecular formula is C27H28ClN3OS. The fraction of sp³-hybridized carbons (Fsp3) is 0.296. The van der Waals surface area contributed by atoms with E-state index in [2.05, 4.69) is 45.5 Å². The number of halogens is 1. The first kappa shape index (κ1) is 22.2. The Morgan fingerprint density at radius 1 is 1.09 bits per heavy atom. The van der Waals surface area contributed by atoms with Crippen LogP contribution in [-0.4, -0.2) is 34.9 Å². The molecule has 1 saturated carbocycles. The Bertz CT molecular complexity index is 1240. The summed E-state index contributed by atoms with van der Waals surface area (Å²) in [5.74, 6) is 0.0411. The molecule has 0 unspecified atom stereocenters. The van der Waals surface area contributed by atoms with Crippen LogP contribution in [0.1, 0.15) is 40.9 Å². The topological polar surface area (TPSA) is 48.1 Å². The fourth-order valence-corrected chi connectivity index (χ4v) is 6.34. The molecule has 2 heterocycles. The molecule has 5 rings (SSSR count). The predicted octanol–water partition coefficient (Wildman–Crippen LogP) is 6.72. The van der Waals surface area contributed by atoms with Crippen LogP contribution in [0.4, 0.5) is 0 Å². The van der Waals surface area contributed by atoms with Gasteiger partial charge in [0.15, 0.2) is 0 Å². The zero-order chi connectivity index (χ0) is 22.8.